The largest absolute Gasteiger partial charge is 0.481 e. The fraction of sp³-hybridized carbons (Fsp3) is 0.545. The van der Waals surface area contributed by atoms with Gasteiger partial charge in [-0.3, -0.25) is 9.69 Å². The first-order valence-corrected chi connectivity index (χ1v) is 10.5. The number of carbonyl (C=O) groups is 1. The topological polar surface area (TPSA) is 98.7 Å². The Morgan fingerprint density at radius 2 is 2.10 bits per heavy atom. The molecule has 1 amide bonds. The lowest BCUT2D eigenvalue weighted by atomic mass is 9.97. The van der Waals surface area contributed by atoms with E-state index in [9.17, 15) is 4.79 Å². The molecule has 2 aromatic rings. The molecular weight excluding hydrogens is 398 g/mol. The zero-order chi connectivity index (χ0) is 21.8. The molecular formula is C22H29N5O4. The number of aromatic nitrogens is 3. The van der Waals surface area contributed by atoms with E-state index in [0.717, 1.165) is 29.8 Å². The van der Waals surface area contributed by atoms with Crippen LogP contribution in [0.3, 0.4) is 0 Å². The number of hydrogen-bond acceptors (Lipinski definition) is 8. The van der Waals surface area contributed by atoms with Crippen LogP contribution < -0.4 is 10.1 Å². The smallest absolute Gasteiger partial charge is 0.249 e. The lowest BCUT2D eigenvalue weighted by Crippen LogP contribution is -2.52. The number of rotatable bonds is 6. The van der Waals surface area contributed by atoms with Crippen LogP contribution in [0, 0.1) is 13.8 Å². The number of amides is 1. The number of morpholine rings is 1. The van der Waals surface area contributed by atoms with Gasteiger partial charge in [0.05, 0.1) is 26.9 Å². The Morgan fingerprint density at radius 3 is 2.84 bits per heavy atom. The maximum absolute atomic E-state index is 12.6. The van der Waals surface area contributed by atoms with E-state index in [2.05, 4.69) is 31.2 Å². The van der Waals surface area contributed by atoms with Crippen molar-refractivity contribution in [3.05, 3.63) is 47.2 Å². The van der Waals surface area contributed by atoms with Crippen molar-refractivity contribution < 1.29 is 19.0 Å². The van der Waals surface area contributed by atoms with E-state index in [1.807, 2.05) is 20.0 Å². The van der Waals surface area contributed by atoms with Gasteiger partial charge in [0, 0.05) is 50.2 Å². The summed E-state index contributed by atoms with van der Waals surface area (Å²) in [5.74, 6) is 1.07. The average molecular weight is 428 g/mol. The lowest BCUT2D eigenvalue weighted by Gasteiger charge is -2.39. The number of nitrogens with one attached hydrogen (secondary N) is 1. The van der Waals surface area contributed by atoms with Crippen molar-refractivity contribution in [1.29, 1.82) is 0 Å². The maximum atomic E-state index is 12.6. The molecule has 0 aromatic carbocycles. The van der Waals surface area contributed by atoms with Crippen LogP contribution in [0.25, 0.3) is 0 Å². The van der Waals surface area contributed by atoms with E-state index in [4.69, 9.17) is 14.2 Å². The molecule has 2 aliphatic heterocycles. The standard InChI is InChI=1S/C22H29N5O4/c1-15-8-23-19(24-9-15)11-25-20(28)18-7-22(14-30-18)13-27(4-5-31-22)12-17-6-16(2)21(29-3)26-10-17/h6,8-10,18H,4-5,7,11-14H2,1-3H3,(H,25,28). The van der Waals surface area contributed by atoms with Gasteiger partial charge in [-0.05, 0) is 31.0 Å². The van der Waals surface area contributed by atoms with E-state index in [-0.39, 0.29) is 12.5 Å². The second-order valence-electron chi connectivity index (χ2n) is 8.31. The van der Waals surface area contributed by atoms with Gasteiger partial charge in [-0.2, -0.15) is 0 Å². The van der Waals surface area contributed by atoms with E-state index in [1.165, 1.54) is 0 Å². The van der Waals surface area contributed by atoms with Gasteiger partial charge in [-0.1, -0.05) is 0 Å². The summed E-state index contributed by atoms with van der Waals surface area (Å²) in [5, 5.41) is 2.87. The van der Waals surface area contributed by atoms with Gasteiger partial charge in [-0.15, -0.1) is 0 Å². The molecule has 9 heteroatoms. The molecule has 1 N–H and O–H groups in total. The van der Waals surface area contributed by atoms with Crippen LogP contribution in [-0.4, -0.2) is 70.9 Å². The highest BCUT2D eigenvalue weighted by Crippen LogP contribution is 2.32. The Balaban J connectivity index is 1.31. The molecule has 166 valence electrons. The van der Waals surface area contributed by atoms with Crippen LogP contribution in [0.4, 0.5) is 0 Å². The van der Waals surface area contributed by atoms with E-state index >= 15 is 0 Å². The highest BCUT2D eigenvalue weighted by atomic mass is 16.6. The van der Waals surface area contributed by atoms with Crippen LogP contribution in [0.15, 0.2) is 24.7 Å². The molecule has 0 bridgehead atoms. The summed E-state index contributed by atoms with van der Waals surface area (Å²) in [6.45, 7) is 7.52. The number of methoxy groups -OCH3 is 1. The van der Waals surface area contributed by atoms with Crippen LogP contribution in [-0.2, 0) is 27.4 Å². The van der Waals surface area contributed by atoms with E-state index < -0.39 is 11.7 Å². The minimum absolute atomic E-state index is 0.156. The summed E-state index contributed by atoms with van der Waals surface area (Å²) in [5.41, 5.74) is 2.66. The zero-order valence-corrected chi connectivity index (χ0v) is 18.3. The van der Waals surface area contributed by atoms with Crippen LogP contribution in [0.5, 0.6) is 5.88 Å². The van der Waals surface area contributed by atoms with Crippen molar-refractivity contribution in [2.24, 2.45) is 0 Å². The molecule has 2 unspecified atom stereocenters. The van der Waals surface area contributed by atoms with Crippen molar-refractivity contribution in [3.8, 4) is 5.88 Å². The predicted octanol–water partition coefficient (Wildman–Crippen LogP) is 1.17. The van der Waals surface area contributed by atoms with Gasteiger partial charge in [0.1, 0.15) is 17.5 Å². The second kappa shape index (κ2) is 9.25. The second-order valence-corrected chi connectivity index (χ2v) is 8.31. The summed E-state index contributed by atoms with van der Waals surface area (Å²) >= 11 is 0. The van der Waals surface area contributed by atoms with Crippen molar-refractivity contribution in [1.82, 2.24) is 25.2 Å². The van der Waals surface area contributed by atoms with Gasteiger partial charge in [0.2, 0.25) is 11.8 Å². The summed E-state index contributed by atoms with van der Waals surface area (Å²) < 4.78 is 17.2. The van der Waals surface area contributed by atoms with Gasteiger partial charge in [-0.25, -0.2) is 15.0 Å². The Kier molecular flexibility index (Phi) is 6.45. The van der Waals surface area contributed by atoms with Crippen molar-refractivity contribution in [2.75, 3.05) is 33.4 Å². The number of ether oxygens (including phenoxy) is 3. The van der Waals surface area contributed by atoms with Gasteiger partial charge in [0.25, 0.3) is 0 Å². The van der Waals surface area contributed by atoms with Crippen LogP contribution in [0.1, 0.15) is 28.9 Å². The molecule has 31 heavy (non-hydrogen) atoms. The maximum Gasteiger partial charge on any atom is 0.249 e. The average Bonchev–Trinajstić information content (AvgIpc) is 3.16. The number of nitrogens with zero attached hydrogens (tertiary/aromatic N) is 4. The van der Waals surface area contributed by atoms with E-state index in [0.29, 0.717) is 37.9 Å². The third kappa shape index (κ3) is 5.17. The van der Waals surface area contributed by atoms with Crippen molar-refractivity contribution in [3.63, 3.8) is 0 Å². The van der Waals surface area contributed by atoms with E-state index in [1.54, 1.807) is 19.5 Å². The predicted molar refractivity (Wildman–Crippen MR) is 112 cm³/mol. The minimum atomic E-state index is -0.532. The Hall–Kier alpha value is -2.62. The first-order chi connectivity index (χ1) is 15.0. The molecule has 2 aromatic heterocycles. The number of hydrogen-bond donors (Lipinski definition) is 1. The van der Waals surface area contributed by atoms with Crippen LogP contribution in [0.2, 0.25) is 0 Å². The highest BCUT2D eigenvalue weighted by molar-refractivity contribution is 5.81. The first-order valence-electron chi connectivity index (χ1n) is 10.5. The molecule has 4 heterocycles. The molecule has 2 saturated heterocycles. The molecule has 2 aliphatic rings. The molecule has 2 fully saturated rings. The summed E-state index contributed by atoms with van der Waals surface area (Å²) in [7, 11) is 1.63. The zero-order valence-electron chi connectivity index (χ0n) is 18.3. The monoisotopic (exact) mass is 427 g/mol. The molecule has 0 radical (unpaired) electrons. The summed E-state index contributed by atoms with van der Waals surface area (Å²) in [6, 6.07) is 2.10. The number of carbonyl (C=O) groups excluding carboxylic acids is 1. The quantitative estimate of drug-likeness (QED) is 0.734. The highest BCUT2D eigenvalue weighted by Gasteiger charge is 2.46. The normalized spacial score (nSPS) is 23.8. The molecule has 0 saturated carbocycles. The van der Waals surface area contributed by atoms with Crippen molar-refractivity contribution >= 4 is 5.91 Å². The van der Waals surface area contributed by atoms with Gasteiger partial charge < -0.3 is 19.5 Å². The third-order valence-electron chi connectivity index (χ3n) is 5.67. The number of pyridine rings is 1. The summed E-state index contributed by atoms with van der Waals surface area (Å²) in [6.07, 6.45) is 5.32. The SMILES string of the molecule is COc1ncc(CN2CCOC3(COC(C(=O)NCc4ncc(C)cn4)C3)C2)cc1C. The number of aryl methyl sites for hydroxylation is 2. The molecule has 1 spiro atoms. The molecule has 4 rings (SSSR count). The molecule has 9 nitrogen and oxygen atoms in total. The fourth-order valence-electron chi connectivity index (χ4n) is 4.12. The molecule has 0 aliphatic carbocycles. The Bertz CT molecular complexity index is 923. The van der Waals surface area contributed by atoms with Crippen LogP contribution >= 0.6 is 0 Å². The third-order valence-corrected chi connectivity index (χ3v) is 5.67. The molecule has 2 atom stereocenters. The fourth-order valence-corrected chi connectivity index (χ4v) is 4.12. The van der Waals surface area contributed by atoms with Gasteiger partial charge in [0.15, 0.2) is 0 Å². The van der Waals surface area contributed by atoms with Gasteiger partial charge >= 0.3 is 0 Å². The first kappa shape index (κ1) is 21.6. The summed E-state index contributed by atoms with van der Waals surface area (Å²) in [4.78, 5) is 27.7. The minimum Gasteiger partial charge on any atom is -0.481 e. The Morgan fingerprint density at radius 1 is 1.29 bits per heavy atom. The Labute approximate surface area is 182 Å². The lowest BCUT2D eigenvalue weighted by molar-refractivity contribution is -0.130. The van der Waals surface area contributed by atoms with Crippen molar-refractivity contribution in [2.45, 2.75) is 45.1 Å².